The molecule has 0 aromatic heterocycles. The van der Waals surface area contributed by atoms with Crippen molar-refractivity contribution in [2.24, 2.45) is 28.5 Å². The highest BCUT2D eigenvalue weighted by molar-refractivity contribution is 6.14. The molecule has 0 amide bonds. The van der Waals surface area contributed by atoms with Crippen molar-refractivity contribution >= 4 is 17.5 Å². The van der Waals surface area contributed by atoms with Crippen molar-refractivity contribution in [2.75, 3.05) is 7.11 Å². The van der Waals surface area contributed by atoms with Gasteiger partial charge in [-0.2, -0.15) is 0 Å². The molecule has 7 heteroatoms. The van der Waals surface area contributed by atoms with Gasteiger partial charge >= 0.3 is 5.97 Å². The van der Waals surface area contributed by atoms with Gasteiger partial charge in [-0.15, -0.1) is 0 Å². The van der Waals surface area contributed by atoms with Crippen LogP contribution >= 0.6 is 0 Å². The van der Waals surface area contributed by atoms with Gasteiger partial charge in [0.1, 0.15) is 11.5 Å². The maximum Gasteiger partial charge on any atom is 0.324 e. The second kappa shape index (κ2) is 11.1. The number of ketones is 2. The first kappa shape index (κ1) is 25.4. The molecule has 7 nitrogen and oxygen atoms in total. The van der Waals surface area contributed by atoms with Crippen LogP contribution in [0.4, 0.5) is 0 Å². The fourth-order valence-electron chi connectivity index (χ4n) is 4.20. The minimum Gasteiger partial charge on any atom is -0.468 e. The Morgan fingerprint density at radius 1 is 0.781 bits per heavy atom. The van der Waals surface area contributed by atoms with E-state index in [1.165, 1.54) is 0 Å². The minimum absolute atomic E-state index is 0.198. The van der Waals surface area contributed by atoms with Gasteiger partial charge < -0.3 is 21.9 Å². The summed E-state index contributed by atoms with van der Waals surface area (Å²) in [7, 11) is 1.16. The van der Waals surface area contributed by atoms with E-state index >= 15 is 0 Å². The molecule has 0 aliphatic rings. The molecule has 0 aliphatic heterocycles. The zero-order valence-corrected chi connectivity index (χ0v) is 18.9. The smallest absolute Gasteiger partial charge is 0.324 e. The summed E-state index contributed by atoms with van der Waals surface area (Å²) in [5.74, 6) is -2.72. The van der Waals surface area contributed by atoms with Crippen LogP contribution < -0.4 is 17.2 Å². The lowest BCUT2D eigenvalue weighted by Crippen LogP contribution is -2.66. The van der Waals surface area contributed by atoms with E-state index in [4.69, 9.17) is 21.9 Å². The quantitative estimate of drug-likeness (QED) is 0.355. The van der Waals surface area contributed by atoms with Crippen LogP contribution in [0.5, 0.6) is 0 Å². The van der Waals surface area contributed by atoms with Crippen LogP contribution in [0.3, 0.4) is 0 Å². The lowest BCUT2D eigenvalue weighted by molar-refractivity contribution is -0.159. The summed E-state index contributed by atoms with van der Waals surface area (Å²) in [5.41, 5.74) is 18.6. The van der Waals surface area contributed by atoms with E-state index in [9.17, 15) is 14.4 Å². The number of carbonyl (C=O) groups is 3. The second-order valence-corrected chi connectivity index (χ2v) is 8.35. The molecule has 3 atom stereocenters. The van der Waals surface area contributed by atoms with Crippen LogP contribution in [0.25, 0.3) is 0 Å². The average Bonchev–Trinajstić information content (AvgIpc) is 2.79. The number of esters is 1. The fourth-order valence-corrected chi connectivity index (χ4v) is 4.20. The number of hydrogen-bond acceptors (Lipinski definition) is 7. The van der Waals surface area contributed by atoms with Gasteiger partial charge in [0.25, 0.3) is 0 Å². The molecule has 0 saturated carbocycles. The first-order chi connectivity index (χ1) is 15.2. The van der Waals surface area contributed by atoms with Crippen LogP contribution in [0, 0.1) is 11.3 Å². The van der Waals surface area contributed by atoms with E-state index in [0.717, 1.165) is 18.2 Å². The number of carbonyl (C=O) groups excluding carboxylic acids is 3. The van der Waals surface area contributed by atoms with Gasteiger partial charge in [-0.05, 0) is 29.9 Å². The molecule has 0 radical (unpaired) electrons. The van der Waals surface area contributed by atoms with Crippen molar-refractivity contribution in [1.29, 1.82) is 0 Å². The highest BCUT2D eigenvalue weighted by Crippen LogP contribution is 2.36. The zero-order valence-electron chi connectivity index (χ0n) is 18.9. The van der Waals surface area contributed by atoms with Crippen LogP contribution in [0.1, 0.15) is 25.0 Å². The minimum atomic E-state index is -1.92. The largest absolute Gasteiger partial charge is 0.468 e. The predicted octanol–water partition coefficient (Wildman–Crippen LogP) is 1.41. The molecule has 2 rings (SSSR count). The van der Waals surface area contributed by atoms with Crippen molar-refractivity contribution in [3.05, 3.63) is 71.8 Å². The number of Topliss-reactive ketones (excluding diaryl/α,β-unsaturated/α-hetero) is 2. The molecule has 0 saturated heterocycles. The Kier molecular flexibility index (Phi) is 8.83. The highest BCUT2D eigenvalue weighted by atomic mass is 16.5. The maximum absolute atomic E-state index is 13.8. The Balaban J connectivity index is 2.48. The lowest BCUT2D eigenvalue weighted by Gasteiger charge is -2.41. The first-order valence-corrected chi connectivity index (χ1v) is 10.7. The maximum atomic E-state index is 13.8. The van der Waals surface area contributed by atoms with E-state index in [1.807, 2.05) is 60.7 Å². The normalized spacial score (nSPS) is 14.5. The van der Waals surface area contributed by atoms with Gasteiger partial charge in [-0.3, -0.25) is 14.4 Å². The molecule has 0 bridgehead atoms. The third kappa shape index (κ3) is 5.30. The van der Waals surface area contributed by atoms with Crippen LogP contribution in [-0.4, -0.2) is 42.8 Å². The summed E-state index contributed by atoms with van der Waals surface area (Å²) in [6, 6.07) is 14.8. The Bertz CT molecular complexity index is 856. The Hall–Kier alpha value is -2.87. The number of nitrogens with two attached hydrogens (primary N) is 3. The van der Waals surface area contributed by atoms with Crippen molar-refractivity contribution in [3.63, 3.8) is 0 Å². The molecule has 0 fully saturated rings. The average molecular weight is 440 g/mol. The number of benzene rings is 2. The van der Waals surface area contributed by atoms with E-state index in [2.05, 4.69) is 0 Å². The Morgan fingerprint density at radius 2 is 1.16 bits per heavy atom. The first-order valence-electron chi connectivity index (χ1n) is 10.7. The second-order valence-electron chi connectivity index (χ2n) is 8.35. The molecule has 6 N–H and O–H groups in total. The fraction of sp³-hybridized carbons (Fsp3) is 0.400. The van der Waals surface area contributed by atoms with Gasteiger partial charge in [0, 0.05) is 0 Å². The molecule has 0 aliphatic carbocycles. The molecular formula is C25H33N3O4. The third-order valence-electron chi connectivity index (χ3n) is 5.94. The molecule has 0 spiro atoms. The van der Waals surface area contributed by atoms with E-state index in [1.54, 1.807) is 13.8 Å². The Labute approximate surface area is 189 Å². The van der Waals surface area contributed by atoms with Crippen LogP contribution in [-0.2, 0) is 32.0 Å². The van der Waals surface area contributed by atoms with Crippen molar-refractivity contribution in [2.45, 2.75) is 44.8 Å². The molecule has 2 aromatic rings. The molecule has 0 unspecified atom stereocenters. The number of methoxy groups -OCH3 is 1. The standard InChI is InChI=1S/C25H33N3O4/c1-16(2)25(21(28)24(31)32-3,22(29)19(26)14-17-10-6-4-7-11-17)23(30)20(27)15-18-12-8-5-9-13-18/h4-13,16,19-21H,14-15,26-28H2,1-3H3/t19-,20-,21+/m1/s1. The molecule has 2 aromatic carbocycles. The molecular weight excluding hydrogens is 406 g/mol. The number of hydrogen-bond donors (Lipinski definition) is 3. The van der Waals surface area contributed by atoms with Crippen molar-refractivity contribution < 1.29 is 19.1 Å². The summed E-state index contributed by atoms with van der Waals surface area (Å²) in [4.78, 5) is 40.1. The molecule has 0 heterocycles. The van der Waals surface area contributed by atoms with Gasteiger partial charge in [0.15, 0.2) is 11.6 Å². The van der Waals surface area contributed by atoms with E-state index in [-0.39, 0.29) is 12.8 Å². The van der Waals surface area contributed by atoms with Gasteiger partial charge in [0.2, 0.25) is 0 Å². The van der Waals surface area contributed by atoms with Crippen molar-refractivity contribution in [1.82, 2.24) is 0 Å². The van der Waals surface area contributed by atoms with Crippen molar-refractivity contribution in [3.8, 4) is 0 Å². The summed E-state index contributed by atoms with van der Waals surface area (Å²) in [5, 5.41) is 0. The Morgan fingerprint density at radius 3 is 1.47 bits per heavy atom. The topological polar surface area (TPSA) is 138 Å². The van der Waals surface area contributed by atoms with E-state index in [0.29, 0.717) is 0 Å². The van der Waals surface area contributed by atoms with E-state index < -0.39 is 47.0 Å². The number of rotatable bonds is 11. The molecule has 32 heavy (non-hydrogen) atoms. The lowest BCUT2D eigenvalue weighted by atomic mass is 9.61. The third-order valence-corrected chi connectivity index (χ3v) is 5.94. The van der Waals surface area contributed by atoms with Gasteiger partial charge in [0.05, 0.1) is 19.2 Å². The van der Waals surface area contributed by atoms with Crippen LogP contribution in [0.2, 0.25) is 0 Å². The van der Waals surface area contributed by atoms with Crippen LogP contribution in [0.15, 0.2) is 60.7 Å². The summed E-state index contributed by atoms with van der Waals surface area (Å²) in [6.07, 6.45) is 0.395. The molecule has 172 valence electrons. The van der Waals surface area contributed by atoms with Gasteiger partial charge in [-0.25, -0.2) is 0 Å². The highest BCUT2D eigenvalue weighted by Gasteiger charge is 2.58. The SMILES string of the molecule is COC(=O)[C@H](N)C(C(=O)[C@H](N)Cc1ccccc1)(C(=O)[C@H](N)Cc1ccccc1)C(C)C. The summed E-state index contributed by atoms with van der Waals surface area (Å²) in [6.45, 7) is 3.34. The van der Waals surface area contributed by atoms with Gasteiger partial charge in [-0.1, -0.05) is 74.5 Å². The number of ether oxygens (including phenoxy) is 1. The summed E-state index contributed by atoms with van der Waals surface area (Å²) >= 11 is 0. The zero-order chi connectivity index (χ0) is 23.9. The monoisotopic (exact) mass is 439 g/mol. The summed E-state index contributed by atoms with van der Waals surface area (Å²) < 4.78 is 4.81. The predicted molar refractivity (Wildman–Crippen MR) is 124 cm³/mol.